The average molecular weight is 257 g/mol. The van der Waals surface area contributed by atoms with Gasteiger partial charge in [-0.3, -0.25) is 0 Å². The quantitative estimate of drug-likeness (QED) is 0.774. The van der Waals surface area contributed by atoms with Gasteiger partial charge in [0.15, 0.2) is 11.5 Å². The van der Waals surface area contributed by atoms with Crippen LogP contribution in [-0.4, -0.2) is 23.3 Å². The fourth-order valence-electron chi connectivity index (χ4n) is 2.86. The van der Waals surface area contributed by atoms with E-state index in [1.807, 2.05) is 4.90 Å². The Morgan fingerprint density at radius 3 is 2.33 bits per heavy atom. The predicted octanol–water partition coefficient (Wildman–Crippen LogP) is 2.88. The van der Waals surface area contributed by atoms with E-state index in [2.05, 4.69) is 10.2 Å². The van der Waals surface area contributed by atoms with Crippen LogP contribution in [0.1, 0.15) is 31.4 Å². The van der Waals surface area contributed by atoms with Crippen LogP contribution in [0.15, 0.2) is 12.1 Å². The lowest BCUT2D eigenvalue weighted by atomic mass is 9.68. The fourth-order valence-corrected chi connectivity index (χ4v) is 2.86. The number of nitrogens with zero attached hydrogens (tertiary/aromatic N) is 3. The average Bonchev–Trinajstić information content (AvgIpc) is 2.73. The second kappa shape index (κ2) is 3.83. The molecule has 6 heteroatoms. The molecule has 2 fully saturated rings. The van der Waals surface area contributed by atoms with E-state index in [0.29, 0.717) is 11.2 Å². The van der Waals surface area contributed by atoms with Crippen LogP contribution in [0.5, 0.6) is 0 Å². The number of halogens is 3. The van der Waals surface area contributed by atoms with Crippen LogP contribution in [0, 0.1) is 5.41 Å². The summed E-state index contributed by atoms with van der Waals surface area (Å²) in [7, 11) is 0. The summed E-state index contributed by atoms with van der Waals surface area (Å²) in [5.74, 6) is 0.562. The first-order valence-electron chi connectivity index (χ1n) is 6.15. The number of rotatable bonds is 1. The fraction of sp³-hybridized carbons (Fsp3) is 0.667. The van der Waals surface area contributed by atoms with Gasteiger partial charge in [0.05, 0.1) is 0 Å². The number of hydrogen-bond donors (Lipinski definition) is 0. The summed E-state index contributed by atoms with van der Waals surface area (Å²) in [6.07, 6.45) is 0.448. The molecule has 0 bridgehead atoms. The summed E-state index contributed by atoms with van der Waals surface area (Å²) in [6.45, 7) is 1.78. The third-order valence-electron chi connectivity index (χ3n) is 4.12. The molecule has 1 aliphatic heterocycles. The highest BCUT2D eigenvalue weighted by Gasteiger charge is 2.43. The van der Waals surface area contributed by atoms with Gasteiger partial charge in [0.1, 0.15) is 0 Å². The van der Waals surface area contributed by atoms with Gasteiger partial charge in [0.2, 0.25) is 0 Å². The molecule has 1 aliphatic carbocycles. The van der Waals surface area contributed by atoms with E-state index in [0.717, 1.165) is 25.6 Å². The van der Waals surface area contributed by atoms with E-state index < -0.39 is 11.9 Å². The first-order chi connectivity index (χ1) is 8.49. The van der Waals surface area contributed by atoms with Gasteiger partial charge in [0.25, 0.3) is 0 Å². The number of anilines is 1. The SMILES string of the molecule is FC(F)(F)c1ccc(N2CCC3(CCC3)C2)nn1. The lowest BCUT2D eigenvalue weighted by molar-refractivity contribution is -0.141. The van der Waals surface area contributed by atoms with Gasteiger partial charge in [-0.2, -0.15) is 13.2 Å². The van der Waals surface area contributed by atoms with E-state index in [1.165, 1.54) is 25.3 Å². The lowest BCUT2D eigenvalue weighted by Gasteiger charge is -2.38. The molecule has 1 saturated heterocycles. The molecule has 0 unspecified atom stereocenters. The van der Waals surface area contributed by atoms with Crippen molar-refractivity contribution >= 4 is 5.82 Å². The molecule has 18 heavy (non-hydrogen) atoms. The first kappa shape index (κ1) is 11.7. The topological polar surface area (TPSA) is 29.0 Å². The smallest absolute Gasteiger partial charge is 0.355 e. The lowest BCUT2D eigenvalue weighted by Crippen LogP contribution is -2.33. The van der Waals surface area contributed by atoms with Crippen molar-refractivity contribution in [1.82, 2.24) is 10.2 Å². The predicted molar refractivity (Wildman–Crippen MR) is 60.1 cm³/mol. The number of aromatic nitrogens is 2. The maximum atomic E-state index is 12.4. The summed E-state index contributed by atoms with van der Waals surface area (Å²) in [6, 6.07) is 2.43. The molecule has 1 spiro atoms. The Labute approximate surface area is 103 Å². The molecule has 2 aliphatic rings. The van der Waals surface area contributed by atoms with Crippen molar-refractivity contribution in [2.45, 2.75) is 31.9 Å². The monoisotopic (exact) mass is 257 g/mol. The van der Waals surface area contributed by atoms with Crippen LogP contribution >= 0.6 is 0 Å². The van der Waals surface area contributed by atoms with Crippen molar-refractivity contribution in [3.05, 3.63) is 17.8 Å². The van der Waals surface area contributed by atoms with Gasteiger partial charge in [-0.1, -0.05) is 6.42 Å². The van der Waals surface area contributed by atoms with Crippen molar-refractivity contribution < 1.29 is 13.2 Å². The molecule has 3 rings (SSSR count). The van der Waals surface area contributed by atoms with E-state index in [9.17, 15) is 13.2 Å². The van der Waals surface area contributed by atoms with Crippen LogP contribution < -0.4 is 4.90 Å². The minimum atomic E-state index is -4.41. The molecule has 1 aromatic rings. The standard InChI is InChI=1S/C12H14F3N3/c13-12(14,15)9-2-3-10(17-16-9)18-7-6-11(8-18)4-1-5-11/h2-3H,1,4-8H2. The van der Waals surface area contributed by atoms with Crippen molar-refractivity contribution in [2.75, 3.05) is 18.0 Å². The summed E-state index contributed by atoms with van der Waals surface area (Å²) < 4.78 is 37.1. The molecule has 0 aromatic carbocycles. The Hall–Kier alpha value is -1.33. The normalized spacial score (nSPS) is 22.3. The molecule has 1 aromatic heterocycles. The Balaban J connectivity index is 1.74. The summed E-state index contributed by atoms with van der Waals surface area (Å²) >= 11 is 0. The second-order valence-corrected chi connectivity index (χ2v) is 5.30. The van der Waals surface area contributed by atoms with Crippen molar-refractivity contribution in [2.24, 2.45) is 5.41 Å². The molecule has 2 heterocycles. The van der Waals surface area contributed by atoms with Gasteiger partial charge < -0.3 is 4.90 Å². The van der Waals surface area contributed by atoms with Crippen molar-refractivity contribution in [1.29, 1.82) is 0 Å². The Bertz CT molecular complexity index is 437. The third-order valence-corrected chi connectivity index (χ3v) is 4.12. The van der Waals surface area contributed by atoms with Crippen molar-refractivity contribution in [3.63, 3.8) is 0 Å². The molecule has 0 N–H and O–H groups in total. The summed E-state index contributed by atoms with van der Waals surface area (Å²) in [5.41, 5.74) is -0.520. The largest absolute Gasteiger partial charge is 0.435 e. The van der Waals surface area contributed by atoms with E-state index in [4.69, 9.17) is 0 Å². The zero-order chi connectivity index (χ0) is 12.8. The Kier molecular flexibility index (Phi) is 2.50. The van der Waals surface area contributed by atoms with Crippen LogP contribution in [0.2, 0.25) is 0 Å². The van der Waals surface area contributed by atoms with Crippen molar-refractivity contribution in [3.8, 4) is 0 Å². The first-order valence-corrected chi connectivity index (χ1v) is 6.15. The highest BCUT2D eigenvalue weighted by Crippen LogP contribution is 2.48. The van der Waals surface area contributed by atoms with E-state index in [-0.39, 0.29) is 0 Å². The summed E-state index contributed by atoms with van der Waals surface area (Å²) in [5, 5.41) is 6.98. The van der Waals surface area contributed by atoms with Gasteiger partial charge in [-0.15, -0.1) is 10.2 Å². The Morgan fingerprint density at radius 1 is 1.11 bits per heavy atom. The highest BCUT2D eigenvalue weighted by atomic mass is 19.4. The summed E-state index contributed by atoms with van der Waals surface area (Å²) in [4.78, 5) is 2.05. The van der Waals surface area contributed by atoms with Crippen LogP contribution in [0.25, 0.3) is 0 Å². The maximum Gasteiger partial charge on any atom is 0.435 e. The van der Waals surface area contributed by atoms with E-state index in [1.54, 1.807) is 0 Å². The number of alkyl halides is 3. The minimum Gasteiger partial charge on any atom is -0.355 e. The van der Waals surface area contributed by atoms with E-state index >= 15 is 0 Å². The van der Waals surface area contributed by atoms with Gasteiger partial charge in [-0.05, 0) is 36.8 Å². The minimum absolute atomic E-state index is 0.407. The highest BCUT2D eigenvalue weighted by molar-refractivity contribution is 5.40. The molecule has 3 nitrogen and oxygen atoms in total. The Morgan fingerprint density at radius 2 is 1.89 bits per heavy atom. The van der Waals surface area contributed by atoms with Gasteiger partial charge in [0, 0.05) is 13.1 Å². The molecule has 0 radical (unpaired) electrons. The van der Waals surface area contributed by atoms with Crippen LogP contribution in [0.3, 0.4) is 0 Å². The van der Waals surface area contributed by atoms with Crippen LogP contribution in [-0.2, 0) is 6.18 Å². The zero-order valence-corrected chi connectivity index (χ0v) is 9.87. The van der Waals surface area contributed by atoms with Crippen LogP contribution in [0.4, 0.5) is 19.0 Å². The molecule has 0 atom stereocenters. The second-order valence-electron chi connectivity index (χ2n) is 5.30. The van der Waals surface area contributed by atoms with Gasteiger partial charge >= 0.3 is 6.18 Å². The molecule has 1 saturated carbocycles. The zero-order valence-electron chi connectivity index (χ0n) is 9.87. The van der Waals surface area contributed by atoms with Gasteiger partial charge in [-0.25, -0.2) is 0 Å². The number of hydrogen-bond acceptors (Lipinski definition) is 3. The molecular formula is C12H14F3N3. The molecule has 98 valence electrons. The third kappa shape index (κ3) is 1.93. The molecular weight excluding hydrogens is 243 g/mol. The molecule has 0 amide bonds. The maximum absolute atomic E-state index is 12.4.